The molecule has 0 amide bonds. The molecule has 4 aromatic rings. The van der Waals surface area contributed by atoms with Crippen LogP contribution in [0.15, 0.2) is 126 Å². The second-order valence-corrected chi connectivity index (χ2v) is 7.48. The number of hydrogen-bond donors (Lipinski definition) is 1. The largest absolute Gasteiger partial charge is 0.543 e. The molecule has 4 aromatic carbocycles. The fourth-order valence-electron chi connectivity index (χ4n) is 4.07. The molecular weight excluding hydrogens is 367 g/mol. The van der Waals surface area contributed by atoms with Crippen LogP contribution >= 0.6 is 0 Å². The number of rotatable bonds is 4. The second kappa shape index (κ2) is 8.01. The van der Waals surface area contributed by atoms with Crippen molar-refractivity contribution in [2.24, 2.45) is 4.90 Å². The minimum absolute atomic E-state index is 0.320. The van der Waals surface area contributed by atoms with Gasteiger partial charge in [0.05, 0.1) is 5.84 Å². The van der Waals surface area contributed by atoms with E-state index in [1.165, 1.54) is 0 Å². The third-order valence-corrected chi connectivity index (χ3v) is 5.56. The Morgan fingerprint density at radius 1 is 0.600 bits per heavy atom. The van der Waals surface area contributed by atoms with E-state index in [1.807, 2.05) is 72.8 Å². The van der Waals surface area contributed by atoms with Crippen LogP contribution in [-0.2, 0) is 4.65 Å². The Balaban J connectivity index is 1.74. The Kier molecular flexibility index (Phi) is 4.92. The van der Waals surface area contributed by atoms with E-state index < -0.39 is 6.48 Å². The van der Waals surface area contributed by atoms with E-state index in [4.69, 9.17) is 9.56 Å². The summed E-state index contributed by atoms with van der Waals surface area (Å²) in [6.07, 6.45) is -0.320. The molecule has 1 aliphatic heterocycles. The highest BCUT2D eigenvalue weighted by molar-refractivity contribution is 6.97. The third kappa shape index (κ3) is 3.42. The van der Waals surface area contributed by atoms with Crippen LogP contribution in [0.2, 0.25) is 0 Å². The van der Waals surface area contributed by atoms with Gasteiger partial charge in [-0.05, 0) is 5.56 Å². The highest BCUT2D eigenvalue weighted by Crippen LogP contribution is 2.26. The first-order valence-corrected chi connectivity index (χ1v) is 10.3. The lowest BCUT2D eigenvalue weighted by Gasteiger charge is -2.48. The van der Waals surface area contributed by atoms with E-state index >= 15 is 0 Å². The van der Waals surface area contributed by atoms with Gasteiger partial charge in [-0.1, -0.05) is 121 Å². The van der Waals surface area contributed by atoms with Crippen molar-refractivity contribution in [3.8, 4) is 0 Å². The Morgan fingerprint density at radius 2 is 1.07 bits per heavy atom. The summed E-state index contributed by atoms with van der Waals surface area (Å²) in [6.45, 7) is -1.83. The average molecular weight is 389 g/mol. The maximum Gasteiger partial charge on any atom is 0.285 e. The first-order valence-electron chi connectivity index (χ1n) is 10.3. The highest BCUT2D eigenvalue weighted by atomic mass is 16.5. The molecule has 1 N–H and O–H groups in total. The van der Waals surface area contributed by atoms with Crippen LogP contribution in [0.3, 0.4) is 0 Å². The molecule has 0 radical (unpaired) electrons. The zero-order valence-electron chi connectivity index (χ0n) is 16.6. The molecule has 0 aromatic heterocycles. The van der Waals surface area contributed by atoms with Gasteiger partial charge in [0.15, 0.2) is 0 Å². The minimum Gasteiger partial charge on any atom is -0.543 e. The van der Waals surface area contributed by atoms with Crippen molar-refractivity contribution in [2.45, 2.75) is 6.23 Å². The first kappa shape index (κ1) is 18.4. The molecule has 146 valence electrons. The van der Waals surface area contributed by atoms with Gasteiger partial charge < -0.3 is 14.9 Å². The average Bonchev–Trinajstić information content (AvgIpc) is 2.86. The molecule has 3 nitrogen and oxygen atoms in total. The van der Waals surface area contributed by atoms with Crippen LogP contribution in [0.4, 0.5) is 0 Å². The predicted octanol–water partition coefficient (Wildman–Crippen LogP) is 4.01. The standard InChI is InChI=1S/C26H22BN2O/c1-5-13-21(14-6-1)25-28-26(22-15-7-2-8-16-22)30-27(29-25,23-17-9-3-10-18-23)24-19-11-4-12-20-24/h1-20,26H,(H,28,29)/q-1/t26-/m1/s1. The van der Waals surface area contributed by atoms with Crippen molar-refractivity contribution >= 4 is 23.2 Å². The van der Waals surface area contributed by atoms with Crippen LogP contribution < -0.4 is 16.2 Å². The Bertz CT molecular complexity index is 1090. The van der Waals surface area contributed by atoms with Gasteiger partial charge in [-0.25, -0.2) is 0 Å². The van der Waals surface area contributed by atoms with Crippen molar-refractivity contribution in [3.63, 3.8) is 0 Å². The lowest BCUT2D eigenvalue weighted by atomic mass is 9.42. The summed E-state index contributed by atoms with van der Waals surface area (Å²) in [5.41, 5.74) is 4.22. The molecule has 0 bridgehead atoms. The third-order valence-electron chi connectivity index (χ3n) is 5.56. The molecule has 4 heteroatoms. The Hall–Kier alpha value is -3.63. The Morgan fingerprint density at radius 3 is 1.60 bits per heavy atom. The molecular formula is C26H22BN2O-. The normalized spacial score (nSPS) is 17.6. The minimum atomic E-state index is -1.83. The van der Waals surface area contributed by atoms with Gasteiger partial charge in [0.2, 0.25) is 0 Å². The maximum atomic E-state index is 6.85. The van der Waals surface area contributed by atoms with Gasteiger partial charge in [-0.15, -0.1) is 0 Å². The summed E-state index contributed by atoms with van der Waals surface area (Å²) in [4.78, 5) is 5.25. The Labute approximate surface area is 177 Å². The lowest BCUT2D eigenvalue weighted by molar-refractivity contribution is 0.180. The topological polar surface area (TPSA) is 33.6 Å². The fraction of sp³-hybridized carbons (Fsp3) is 0.0385. The molecule has 0 unspecified atom stereocenters. The second-order valence-electron chi connectivity index (χ2n) is 7.48. The molecule has 1 aliphatic rings. The first-order chi connectivity index (χ1) is 14.9. The van der Waals surface area contributed by atoms with Gasteiger partial charge in [0.25, 0.3) is 6.48 Å². The number of amidine groups is 1. The van der Waals surface area contributed by atoms with E-state index in [1.54, 1.807) is 0 Å². The zero-order chi connectivity index (χ0) is 20.2. The maximum absolute atomic E-state index is 6.85. The van der Waals surface area contributed by atoms with Crippen molar-refractivity contribution in [1.82, 2.24) is 5.32 Å². The van der Waals surface area contributed by atoms with Crippen LogP contribution in [0.5, 0.6) is 0 Å². The lowest BCUT2D eigenvalue weighted by Crippen LogP contribution is -2.64. The fourth-order valence-corrected chi connectivity index (χ4v) is 4.07. The van der Waals surface area contributed by atoms with E-state index in [2.05, 4.69) is 53.8 Å². The van der Waals surface area contributed by atoms with Gasteiger partial charge in [-0.3, -0.25) is 0 Å². The van der Waals surface area contributed by atoms with Crippen LogP contribution in [0, 0.1) is 0 Å². The molecule has 0 fully saturated rings. The molecule has 0 saturated carbocycles. The van der Waals surface area contributed by atoms with Crippen molar-refractivity contribution in [3.05, 3.63) is 132 Å². The molecule has 1 heterocycles. The van der Waals surface area contributed by atoms with E-state index in [9.17, 15) is 0 Å². The summed E-state index contributed by atoms with van der Waals surface area (Å²) < 4.78 is 6.85. The zero-order valence-corrected chi connectivity index (χ0v) is 16.6. The molecule has 1 atom stereocenters. The van der Waals surface area contributed by atoms with Gasteiger partial charge >= 0.3 is 0 Å². The summed E-state index contributed by atoms with van der Waals surface area (Å²) in [6, 6.07) is 41.1. The number of nitrogens with one attached hydrogen (secondary N) is 1. The number of nitrogens with zero attached hydrogens (tertiary/aromatic N) is 1. The summed E-state index contributed by atoms with van der Waals surface area (Å²) >= 11 is 0. The van der Waals surface area contributed by atoms with Crippen molar-refractivity contribution < 1.29 is 4.65 Å². The van der Waals surface area contributed by atoms with Crippen LogP contribution in [-0.4, -0.2) is 12.3 Å². The molecule has 5 rings (SSSR count). The molecule has 30 heavy (non-hydrogen) atoms. The summed E-state index contributed by atoms with van der Waals surface area (Å²) in [5.74, 6) is 0.836. The summed E-state index contributed by atoms with van der Waals surface area (Å²) in [5, 5.41) is 3.52. The van der Waals surface area contributed by atoms with E-state index in [0.29, 0.717) is 0 Å². The smallest absolute Gasteiger partial charge is 0.285 e. The van der Waals surface area contributed by atoms with Crippen LogP contribution in [0.1, 0.15) is 17.4 Å². The molecule has 0 aliphatic carbocycles. The number of hydrogen-bond acceptors (Lipinski definition) is 3. The van der Waals surface area contributed by atoms with Crippen molar-refractivity contribution in [2.75, 3.05) is 0 Å². The quantitative estimate of drug-likeness (QED) is 0.535. The van der Waals surface area contributed by atoms with Gasteiger partial charge in [0.1, 0.15) is 6.23 Å². The SMILES string of the molecule is c1ccc(C2=N[B-](c3ccccc3)(c3ccccc3)O[C@H](c3ccccc3)N2)cc1. The molecule has 0 spiro atoms. The van der Waals surface area contributed by atoms with E-state index in [-0.39, 0.29) is 6.23 Å². The predicted molar refractivity (Wildman–Crippen MR) is 124 cm³/mol. The van der Waals surface area contributed by atoms with Gasteiger partial charge in [-0.2, -0.15) is 10.9 Å². The monoisotopic (exact) mass is 389 g/mol. The molecule has 0 saturated heterocycles. The van der Waals surface area contributed by atoms with Gasteiger partial charge in [0, 0.05) is 5.56 Å². The number of benzene rings is 4. The van der Waals surface area contributed by atoms with Crippen LogP contribution in [0.25, 0.3) is 0 Å². The summed E-state index contributed by atoms with van der Waals surface area (Å²) in [7, 11) is 0. The van der Waals surface area contributed by atoms with Crippen molar-refractivity contribution in [1.29, 1.82) is 0 Å². The highest BCUT2D eigenvalue weighted by Gasteiger charge is 2.36. The van der Waals surface area contributed by atoms with E-state index in [0.717, 1.165) is 27.9 Å².